The molecular formula is C14H20N2O7. The largest absolute Gasteiger partial charge is 0.489 e. The van der Waals surface area contributed by atoms with E-state index in [0.717, 1.165) is 6.07 Å². The molecule has 9 heteroatoms. The molecule has 9 nitrogen and oxygen atoms in total. The molecule has 1 N–H and O–H groups in total. The van der Waals surface area contributed by atoms with Gasteiger partial charge in [0.15, 0.2) is 5.75 Å². The zero-order valence-corrected chi connectivity index (χ0v) is 13.3. The average Bonchev–Trinajstić information content (AvgIpc) is 2.48. The van der Waals surface area contributed by atoms with Crippen molar-refractivity contribution < 1.29 is 24.4 Å². The maximum atomic E-state index is 11.5. The second-order valence-electron chi connectivity index (χ2n) is 4.67. The van der Waals surface area contributed by atoms with Crippen LogP contribution in [0.25, 0.3) is 0 Å². The second-order valence-corrected chi connectivity index (χ2v) is 4.67. The Balaban J connectivity index is 3.77. The molecule has 128 valence electrons. The van der Waals surface area contributed by atoms with Crippen molar-refractivity contribution in [2.75, 3.05) is 13.2 Å². The quantitative estimate of drug-likeness (QED) is 0.545. The molecule has 0 aliphatic rings. The maximum absolute atomic E-state index is 11.5. The minimum atomic E-state index is -1.34. The van der Waals surface area contributed by atoms with Gasteiger partial charge < -0.3 is 14.6 Å². The molecule has 0 spiro atoms. The minimum absolute atomic E-state index is 0.0831. The molecule has 0 amide bonds. The number of hydrogen-bond donors (Lipinski definition) is 1. The Morgan fingerprint density at radius 1 is 1.13 bits per heavy atom. The Bertz CT molecular complexity index is 589. The average molecular weight is 328 g/mol. The molecule has 0 bridgehead atoms. The molecule has 0 aliphatic heterocycles. The first-order valence-corrected chi connectivity index (χ1v) is 7.32. The number of hydrogen-bond acceptors (Lipinski definition) is 7. The number of nitro benzene ring substituents is 2. The minimum Gasteiger partial charge on any atom is -0.489 e. The number of rotatable bonds is 9. The van der Waals surface area contributed by atoms with Gasteiger partial charge >= 0.3 is 5.69 Å². The summed E-state index contributed by atoms with van der Waals surface area (Å²) in [5.74, 6) is -0.282. The molecule has 1 aromatic carbocycles. The van der Waals surface area contributed by atoms with Crippen molar-refractivity contribution in [3.8, 4) is 11.5 Å². The van der Waals surface area contributed by atoms with Crippen molar-refractivity contribution in [3.05, 3.63) is 31.9 Å². The van der Waals surface area contributed by atoms with E-state index in [1.165, 1.54) is 0 Å². The molecule has 0 fully saturated rings. The van der Waals surface area contributed by atoms with Crippen molar-refractivity contribution >= 4 is 11.4 Å². The van der Waals surface area contributed by atoms with Gasteiger partial charge in [0.1, 0.15) is 5.56 Å². The fourth-order valence-corrected chi connectivity index (χ4v) is 2.25. The van der Waals surface area contributed by atoms with E-state index in [1.807, 2.05) is 0 Å². The highest BCUT2D eigenvalue weighted by Crippen LogP contribution is 2.48. The van der Waals surface area contributed by atoms with Crippen LogP contribution >= 0.6 is 0 Å². The van der Waals surface area contributed by atoms with E-state index in [-0.39, 0.29) is 36.7 Å². The molecule has 23 heavy (non-hydrogen) atoms. The molecule has 0 heterocycles. The Hall–Kier alpha value is -2.42. The summed E-state index contributed by atoms with van der Waals surface area (Å²) in [5, 5.41) is 33.0. The van der Waals surface area contributed by atoms with Crippen LogP contribution in [0.3, 0.4) is 0 Å². The van der Waals surface area contributed by atoms with E-state index in [9.17, 15) is 25.3 Å². The summed E-state index contributed by atoms with van der Waals surface area (Å²) in [7, 11) is 0. The summed E-state index contributed by atoms with van der Waals surface area (Å²) in [5.41, 5.74) is -1.52. The third-order valence-corrected chi connectivity index (χ3v) is 3.10. The fourth-order valence-electron chi connectivity index (χ4n) is 2.25. The van der Waals surface area contributed by atoms with Gasteiger partial charge in [-0.3, -0.25) is 20.2 Å². The van der Waals surface area contributed by atoms with Crippen molar-refractivity contribution in [2.45, 2.75) is 39.7 Å². The lowest BCUT2D eigenvalue weighted by Gasteiger charge is -2.16. The van der Waals surface area contributed by atoms with Crippen LogP contribution in [0.5, 0.6) is 11.5 Å². The second kappa shape index (κ2) is 8.28. The molecule has 0 radical (unpaired) electrons. The van der Waals surface area contributed by atoms with Gasteiger partial charge in [-0.2, -0.15) is 0 Å². The summed E-state index contributed by atoms with van der Waals surface area (Å²) < 4.78 is 10.5. The zero-order chi connectivity index (χ0) is 17.6. The Labute approximate surface area is 133 Å². The first-order valence-electron chi connectivity index (χ1n) is 7.32. The predicted molar refractivity (Wildman–Crippen MR) is 82.0 cm³/mol. The highest BCUT2D eigenvalue weighted by Gasteiger charge is 2.37. The number of benzene rings is 1. The Kier molecular flexibility index (Phi) is 6.70. The van der Waals surface area contributed by atoms with Gasteiger partial charge in [0, 0.05) is 0 Å². The van der Waals surface area contributed by atoms with E-state index < -0.39 is 27.3 Å². The molecule has 1 atom stereocenters. The third kappa shape index (κ3) is 4.07. The monoisotopic (exact) mass is 328 g/mol. The van der Waals surface area contributed by atoms with Gasteiger partial charge in [0.05, 0.1) is 35.2 Å². The van der Waals surface area contributed by atoms with Crippen molar-refractivity contribution in [1.82, 2.24) is 0 Å². The summed E-state index contributed by atoms with van der Waals surface area (Å²) in [6.45, 7) is 5.31. The Morgan fingerprint density at radius 2 is 1.74 bits per heavy atom. The summed E-state index contributed by atoms with van der Waals surface area (Å²) >= 11 is 0. The van der Waals surface area contributed by atoms with E-state index in [1.54, 1.807) is 20.8 Å². The van der Waals surface area contributed by atoms with Crippen molar-refractivity contribution in [1.29, 1.82) is 0 Å². The number of nitro groups is 2. The van der Waals surface area contributed by atoms with Crippen LogP contribution < -0.4 is 9.47 Å². The van der Waals surface area contributed by atoms with E-state index in [0.29, 0.717) is 6.42 Å². The van der Waals surface area contributed by atoms with Crippen LogP contribution in [0.15, 0.2) is 6.07 Å². The summed E-state index contributed by atoms with van der Waals surface area (Å²) in [4.78, 5) is 21.3. The topological polar surface area (TPSA) is 125 Å². The van der Waals surface area contributed by atoms with Gasteiger partial charge in [-0.15, -0.1) is 0 Å². The van der Waals surface area contributed by atoms with Gasteiger partial charge in [-0.05, 0) is 20.3 Å². The van der Waals surface area contributed by atoms with Gasteiger partial charge in [-0.1, -0.05) is 13.3 Å². The van der Waals surface area contributed by atoms with Crippen LogP contribution in [0, 0.1) is 20.2 Å². The lowest BCUT2D eigenvalue weighted by molar-refractivity contribution is -0.397. The Morgan fingerprint density at radius 3 is 2.17 bits per heavy atom. The van der Waals surface area contributed by atoms with E-state index >= 15 is 0 Å². The fraction of sp³-hybridized carbons (Fsp3) is 0.571. The van der Waals surface area contributed by atoms with Crippen LogP contribution in [0.1, 0.15) is 45.3 Å². The number of aliphatic hydroxyl groups is 1. The first-order chi connectivity index (χ1) is 10.9. The lowest BCUT2D eigenvalue weighted by atomic mass is 10.00. The highest BCUT2D eigenvalue weighted by molar-refractivity contribution is 5.69. The molecule has 0 aromatic heterocycles. The molecule has 0 saturated heterocycles. The smallest absolute Gasteiger partial charge is 0.327 e. The first kappa shape index (κ1) is 18.6. The molecule has 1 rings (SSSR count). The van der Waals surface area contributed by atoms with Crippen LogP contribution in [0.2, 0.25) is 0 Å². The van der Waals surface area contributed by atoms with Crippen molar-refractivity contribution in [2.24, 2.45) is 0 Å². The standard InChI is InChI=1S/C14H20N2O7/c1-4-7-10(17)12-9(15(18)19)8-11(22-5-2)14(23-6-3)13(12)16(20)21/h8,10,17H,4-7H2,1-3H3. The maximum Gasteiger partial charge on any atom is 0.327 e. The summed E-state index contributed by atoms with van der Waals surface area (Å²) in [6.07, 6.45) is -0.677. The molecule has 0 saturated carbocycles. The number of aliphatic hydroxyl groups excluding tert-OH is 1. The van der Waals surface area contributed by atoms with E-state index in [4.69, 9.17) is 9.47 Å². The van der Waals surface area contributed by atoms with Gasteiger partial charge in [0.25, 0.3) is 5.69 Å². The SMILES string of the molecule is CCCC(O)c1c([N+](=O)[O-])cc(OCC)c(OCC)c1[N+](=O)[O-]. The van der Waals surface area contributed by atoms with Gasteiger partial charge in [-0.25, -0.2) is 0 Å². The third-order valence-electron chi connectivity index (χ3n) is 3.10. The summed E-state index contributed by atoms with van der Waals surface area (Å²) in [6, 6.07) is 1.07. The van der Waals surface area contributed by atoms with Gasteiger partial charge in [0.2, 0.25) is 5.75 Å². The molecule has 1 unspecified atom stereocenters. The van der Waals surface area contributed by atoms with Crippen LogP contribution in [-0.4, -0.2) is 28.2 Å². The molecule has 1 aromatic rings. The predicted octanol–water partition coefficient (Wildman–Crippen LogP) is 3.13. The molecular weight excluding hydrogens is 308 g/mol. The molecule has 0 aliphatic carbocycles. The lowest BCUT2D eigenvalue weighted by Crippen LogP contribution is -2.10. The van der Waals surface area contributed by atoms with Crippen LogP contribution in [0.4, 0.5) is 11.4 Å². The highest BCUT2D eigenvalue weighted by atomic mass is 16.6. The number of nitrogens with zero attached hydrogens (tertiary/aromatic N) is 2. The van der Waals surface area contributed by atoms with E-state index in [2.05, 4.69) is 0 Å². The van der Waals surface area contributed by atoms with Crippen molar-refractivity contribution in [3.63, 3.8) is 0 Å². The van der Waals surface area contributed by atoms with Crippen LogP contribution in [-0.2, 0) is 0 Å². The zero-order valence-electron chi connectivity index (χ0n) is 13.3. The number of ether oxygens (including phenoxy) is 2. The normalized spacial score (nSPS) is 11.8.